The van der Waals surface area contributed by atoms with Crippen LogP contribution in [0.2, 0.25) is 5.02 Å². The van der Waals surface area contributed by atoms with Crippen LogP contribution in [0.25, 0.3) is 11.0 Å². The number of carbonyl (C=O) groups is 1. The number of nitrogens with zero attached hydrogens (tertiary/aromatic N) is 2. The highest BCUT2D eigenvalue weighted by atomic mass is 79.9. The Bertz CT molecular complexity index is 994. The van der Waals surface area contributed by atoms with Gasteiger partial charge in [0.2, 0.25) is 0 Å². The summed E-state index contributed by atoms with van der Waals surface area (Å²) in [6.45, 7) is 2.74. The molecular weight excluding hydrogens is 408 g/mol. The lowest BCUT2D eigenvalue weighted by Crippen LogP contribution is -2.25. The van der Waals surface area contributed by atoms with Gasteiger partial charge in [-0.3, -0.25) is 13.9 Å². The number of halogens is 2. The van der Waals surface area contributed by atoms with Gasteiger partial charge in [0.1, 0.15) is 5.75 Å². The second-order valence-electron chi connectivity index (χ2n) is 5.47. The second kappa shape index (κ2) is 7.45. The highest BCUT2D eigenvalue weighted by molar-refractivity contribution is 9.10. The Balaban J connectivity index is 1.78. The van der Waals surface area contributed by atoms with Gasteiger partial charge in [-0.15, -0.1) is 0 Å². The van der Waals surface area contributed by atoms with Crippen molar-refractivity contribution in [2.75, 3.05) is 0 Å². The maximum Gasteiger partial charge on any atom is 0.329 e. The van der Waals surface area contributed by atoms with Crippen LogP contribution in [0, 0.1) is 0 Å². The molecule has 130 valence electrons. The van der Waals surface area contributed by atoms with Gasteiger partial charge in [0, 0.05) is 17.6 Å². The van der Waals surface area contributed by atoms with Crippen LogP contribution >= 0.6 is 27.5 Å². The van der Waals surface area contributed by atoms with Crippen molar-refractivity contribution in [2.45, 2.75) is 26.4 Å². The molecule has 0 aliphatic carbocycles. The minimum Gasteiger partial charge on any atom is -0.425 e. The highest BCUT2D eigenvalue weighted by Gasteiger charge is 2.14. The Morgan fingerprint density at radius 3 is 2.48 bits per heavy atom. The largest absolute Gasteiger partial charge is 0.425 e. The molecule has 25 heavy (non-hydrogen) atoms. The van der Waals surface area contributed by atoms with Gasteiger partial charge in [0.05, 0.1) is 22.5 Å². The lowest BCUT2D eigenvalue weighted by molar-refractivity contribution is -0.134. The quantitative estimate of drug-likeness (QED) is 0.456. The molecule has 0 bridgehead atoms. The van der Waals surface area contributed by atoms with E-state index in [1.807, 2.05) is 31.2 Å². The number of aryl methyl sites for hydroxylation is 2. The molecule has 0 aliphatic rings. The van der Waals surface area contributed by atoms with Crippen LogP contribution in [-0.4, -0.2) is 15.1 Å². The average molecular weight is 424 g/mol. The number of rotatable bonds is 5. The van der Waals surface area contributed by atoms with E-state index in [9.17, 15) is 9.59 Å². The Hall–Kier alpha value is -2.05. The molecule has 7 heteroatoms. The first-order chi connectivity index (χ1) is 12.0. The molecule has 2 aromatic carbocycles. The van der Waals surface area contributed by atoms with Crippen LogP contribution < -0.4 is 10.4 Å². The zero-order chi connectivity index (χ0) is 18.0. The predicted molar refractivity (Wildman–Crippen MR) is 101 cm³/mol. The number of imidazole rings is 1. The van der Waals surface area contributed by atoms with Crippen molar-refractivity contribution in [1.82, 2.24) is 9.13 Å². The van der Waals surface area contributed by atoms with Crippen molar-refractivity contribution in [1.29, 1.82) is 0 Å². The fourth-order valence-electron chi connectivity index (χ4n) is 2.73. The molecule has 0 spiro atoms. The maximum absolute atomic E-state index is 12.5. The Kier molecular flexibility index (Phi) is 5.30. The molecule has 3 rings (SSSR count). The van der Waals surface area contributed by atoms with Gasteiger partial charge in [-0.25, -0.2) is 4.79 Å². The smallest absolute Gasteiger partial charge is 0.329 e. The van der Waals surface area contributed by atoms with Gasteiger partial charge in [-0.05, 0) is 37.3 Å². The zero-order valence-electron chi connectivity index (χ0n) is 13.5. The fourth-order valence-corrected chi connectivity index (χ4v) is 3.44. The third-order valence-corrected chi connectivity index (χ3v) is 4.69. The van der Waals surface area contributed by atoms with Crippen molar-refractivity contribution in [2.24, 2.45) is 0 Å². The van der Waals surface area contributed by atoms with Gasteiger partial charge in [0.15, 0.2) is 0 Å². The van der Waals surface area contributed by atoms with Crippen molar-refractivity contribution >= 4 is 44.5 Å². The van der Waals surface area contributed by atoms with E-state index in [1.165, 1.54) is 0 Å². The molecular formula is C18H16BrClN2O3. The molecule has 3 aromatic rings. The lowest BCUT2D eigenvalue weighted by Gasteiger charge is -2.07. The first-order valence-corrected chi connectivity index (χ1v) is 9.02. The summed E-state index contributed by atoms with van der Waals surface area (Å²) < 4.78 is 9.38. The average Bonchev–Trinajstić information content (AvgIpc) is 2.86. The number of aromatic nitrogens is 2. The monoisotopic (exact) mass is 422 g/mol. The fraction of sp³-hybridized carbons (Fsp3) is 0.222. The maximum atomic E-state index is 12.5. The van der Waals surface area contributed by atoms with Crippen LogP contribution in [0.4, 0.5) is 0 Å². The van der Waals surface area contributed by atoms with Crippen molar-refractivity contribution in [3.8, 4) is 5.75 Å². The van der Waals surface area contributed by atoms with E-state index in [4.69, 9.17) is 16.3 Å². The number of fused-ring (bicyclic) bond motifs is 1. The molecule has 0 atom stereocenters. The van der Waals surface area contributed by atoms with Gasteiger partial charge in [-0.2, -0.15) is 0 Å². The summed E-state index contributed by atoms with van der Waals surface area (Å²) in [7, 11) is 0. The van der Waals surface area contributed by atoms with Crippen LogP contribution in [0.5, 0.6) is 5.75 Å². The van der Waals surface area contributed by atoms with Crippen LogP contribution in [0.1, 0.15) is 13.3 Å². The number of hydrogen-bond acceptors (Lipinski definition) is 3. The molecule has 0 unspecified atom stereocenters. The normalized spacial score (nSPS) is 11.0. The molecule has 1 aromatic heterocycles. The van der Waals surface area contributed by atoms with E-state index in [-0.39, 0.29) is 18.7 Å². The SMILES string of the molecule is CCn1c(=O)n(CCC(=O)Oc2ccc(Br)cc2Cl)c2ccccc21. The van der Waals surface area contributed by atoms with Gasteiger partial charge < -0.3 is 4.74 Å². The summed E-state index contributed by atoms with van der Waals surface area (Å²) in [5.74, 6) is -0.136. The lowest BCUT2D eigenvalue weighted by atomic mass is 10.3. The molecule has 5 nitrogen and oxygen atoms in total. The molecule has 1 heterocycles. The molecule has 0 N–H and O–H groups in total. The highest BCUT2D eigenvalue weighted by Crippen LogP contribution is 2.28. The molecule has 0 amide bonds. The minimum absolute atomic E-state index is 0.0734. The number of benzene rings is 2. The number of carbonyl (C=O) groups excluding carboxylic acids is 1. The van der Waals surface area contributed by atoms with Crippen LogP contribution in [0.15, 0.2) is 51.7 Å². The van der Waals surface area contributed by atoms with Crippen molar-refractivity contribution in [3.63, 3.8) is 0 Å². The summed E-state index contributed by atoms with van der Waals surface area (Å²) in [4.78, 5) is 24.7. The Morgan fingerprint density at radius 1 is 1.16 bits per heavy atom. The minimum atomic E-state index is -0.440. The molecule has 0 aliphatic heterocycles. The third-order valence-electron chi connectivity index (χ3n) is 3.90. The van der Waals surface area contributed by atoms with Gasteiger partial charge >= 0.3 is 11.7 Å². The predicted octanol–water partition coefficient (Wildman–Crippen LogP) is 4.23. The third kappa shape index (κ3) is 3.65. The standard InChI is InChI=1S/C18H16BrClN2O3/c1-2-21-14-5-3-4-6-15(14)22(18(21)24)10-9-17(23)25-16-8-7-12(19)11-13(16)20/h3-8,11H,2,9-10H2,1H3. The number of esters is 1. The van der Waals surface area contributed by atoms with E-state index >= 15 is 0 Å². The molecule has 0 saturated heterocycles. The number of para-hydroxylation sites is 2. The molecule has 0 saturated carbocycles. The van der Waals surface area contributed by atoms with Crippen molar-refractivity contribution in [3.05, 3.63) is 62.4 Å². The summed E-state index contributed by atoms with van der Waals surface area (Å²) in [6, 6.07) is 12.6. The first-order valence-electron chi connectivity index (χ1n) is 7.85. The first kappa shape index (κ1) is 17.8. The van der Waals surface area contributed by atoms with Crippen LogP contribution in [-0.2, 0) is 17.9 Å². The van der Waals surface area contributed by atoms with E-state index < -0.39 is 5.97 Å². The Morgan fingerprint density at radius 2 is 1.84 bits per heavy atom. The van der Waals surface area contributed by atoms with E-state index in [2.05, 4.69) is 15.9 Å². The van der Waals surface area contributed by atoms with E-state index in [1.54, 1.807) is 27.3 Å². The molecule has 0 fully saturated rings. The number of ether oxygens (including phenoxy) is 1. The van der Waals surface area contributed by atoms with E-state index in [0.717, 1.165) is 15.5 Å². The summed E-state index contributed by atoms with van der Waals surface area (Å²) in [6.07, 6.45) is 0.0734. The summed E-state index contributed by atoms with van der Waals surface area (Å²) in [5, 5.41) is 0.350. The summed E-state index contributed by atoms with van der Waals surface area (Å²) in [5.41, 5.74) is 1.54. The van der Waals surface area contributed by atoms with Crippen LogP contribution in [0.3, 0.4) is 0 Å². The molecule has 0 radical (unpaired) electrons. The van der Waals surface area contributed by atoms with Gasteiger partial charge in [-0.1, -0.05) is 39.7 Å². The summed E-state index contributed by atoms with van der Waals surface area (Å²) >= 11 is 9.35. The zero-order valence-corrected chi connectivity index (χ0v) is 15.9. The Labute approximate surface area is 157 Å². The van der Waals surface area contributed by atoms with Crippen molar-refractivity contribution < 1.29 is 9.53 Å². The van der Waals surface area contributed by atoms with Gasteiger partial charge in [0.25, 0.3) is 0 Å². The second-order valence-corrected chi connectivity index (χ2v) is 6.79. The van der Waals surface area contributed by atoms with E-state index in [0.29, 0.717) is 17.3 Å². The topological polar surface area (TPSA) is 53.2 Å². The number of hydrogen-bond donors (Lipinski definition) is 0.